The van der Waals surface area contributed by atoms with Crippen molar-refractivity contribution in [2.24, 2.45) is 4.52 Å². The van der Waals surface area contributed by atoms with Crippen LogP contribution in [-0.4, -0.2) is 12.3 Å². The van der Waals surface area contributed by atoms with E-state index in [4.69, 9.17) is 0 Å². The summed E-state index contributed by atoms with van der Waals surface area (Å²) >= 11 is 0. The molecule has 0 aromatic heterocycles. The minimum atomic E-state index is 0.834. The van der Waals surface area contributed by atoms with E-state index in [-0.39, 0.29) is 0 Å². The second-order valence-electron chi connectivity index (χ2n) is 1.07. The summed E-state index contributed by atoms with van der Waals surface area (Å²) in [6, 6.07) is 0. The van der Waals surface area contributed by atoms with Gasteiger partial charge in [0.15, 0.2) is 0 Å². The predicted octanol–water partition coefficient (Wildman–Crippen LogP) is 2.75. The third-order valence-corrected chi connectivity index (χ3v) is 2.17. The van der Waals surface area contributed by atoms with E-state index >= 15 is 0 Å². The Bertz CT molecular complexity index is 53.7. The summed E-state index contributed by atoms with van der Waals surface area (Å²) in [5, 5.41) is 0. The third-order valence-electron chi connectivity index (χ3n) is 0.441. The van der Waals surface area contributed by atoms with Crippen LogP contribution in [0.1, 0.15) is 13.8 Å². The SMILES string of the molecule is CCP=NPCC. The first-order chi connectivity index (χ1) is 3.41. The number of nitrogens with zero attached hydrogens (tertiary/aromatic N) is 1. The molecular weight excluding hydrogens is 124 g/mol. The van der Waals surface area contributed by atoms with Gasteiger partial charge in [0.1, 0.15) is 0 Å². The molecule has 0 bridgehead atoms. The van der Waals surface area contributed by atoms with E-state index in [1.165, 1.54) is 20.7 Å². The lowest BCUT2D eigenvalue weighted by atomic mass is 11.0. The Morgan fingerprint density at radius 2 is 2.29 bits per heavy atom. The standard InChI is InChI=1S/C4H11NP2/c1-3-6-5-7-4-2/h6H,3-4H2,1-2H3. The maximum Gasteiger partial charge on any atom is 0.00678 e. The molecule has 7 heavy (non-hydrogen) atoms. The molecule has 0 fully saturated rings. The molecule has 0 saturated heterocycles. The minimum Gasteiger partial charge on any atom is -0.249 e. The average Bonchev–Trinajstić information content (AvgIpc) is 1.69. The van der Waals surface area contributed by atoms with E-state index in [2.05, 4.69) is 18.4 Å². The molecule has 0 heterocycles. The summed E-state index contributed by atoms with van der Waals surface area (Å²) in [6.45, 7) is 4.30. The highest BCUT2D eigenvalue weighted by Gasteiger charge is 1.68. The van der Waals surface area contributed by atoms with Crippen LogP contribution in [0.3, 0.4) is 0 Å². The molecule has 0 N–H and O–H groups in total. The van der Waals surface area contributed by atoms with E-state index in [1.807, 2.05) is 0 Å². The lowest BCUT2D eigenvalue weighted by Crippen LogP contribution is -1.50. The van der Waals surface area contributed by atoms with Crippen LogP contribution in [0.5, 0.6) is 0 Å². The number of rotatable bonds is 3. The van der Waals surface area contributed by atoms with E-state index in [9.17, 15) is 0 Å². The molecule has 1 atom stereocenters. The van der Waals surface area contributed by atoms with Gasteiger partial charge in [0.05, 0.1) is 0 Å². The second kappa shape index (κ2) is 6.53. The fourth-order valence-corrected chi connectivity index (χ4v) is 1.72. The first-order valence-electron chi connectivity index (χ1n) is 2.51. The largest absolute Gasteiger partial charge is 0.249 e. The molecule has 0 aliphatic rings. The maximum atomic E-state index is 4.21. The summed E-state index contributed by atoms with van der Waals surface area (Å²) in [7, 11) is 2.10. The van der Waals surface area contributed by atoms with Gasteiger partial charge in [0.2, 0.25) is 0 Å². The summed E-state index contributed by atoms with van der Waals surface area (Å²) in [6.07, 6.45) is 2.39. The van der Waals surface area contributed by atoms with Crippen LogP contribution in [0.25, 0.3) is 0 Å². The average molecular weight is 135 g/mol. The quantitative estimate of drug-likeness (QED) is 0.527. The van der Waals surface area contributed by atoms with Crippen molar-refractivity contribution in [3.05, 3.63) is 0 Å². The molecule has 0 aromatic rings. The summed E-state index contributed by atoms with van der Waals surface area (Å²) in [4.78, 5) is 0. The van der Waals surface area contributed by atoms with Crippen LogP contribution in [-0.2, 0) is 0 Å². The van der Waals surface area contributed by atoms with Crippen LogP contribution < -0.4 is 0 Å². The molecule has 0 aliphatic carbocycles. The van der Waals surface area contributed by atoms with E-state index in [1.54, 1.807) is 0 Å². The van der Waals surface area contributed by atoms with Crippen molar-refractivity contribution < 1.29 is 0 Å². The smallest absolute Gasteiger partial charge is 0.00678 e. The molecule has 0 saturated carbocycles. The third kappa shape index (κ3) is 6.53. The highest BCUT2D eigenvalue weighted by atomic mass is 31.1. The van der Waals surface area contributed by atoms with Gasteiger partial charge < -0.3 is 0 Å². The Morgan fingerprint density at radius 3 is 2.71 bits per heavy atom. The van der Waals surface area contributed by atoms with Crippen LogP contribution in [0.4, 0.5) is 0 Å². The molecule has 1 unspecified atom stereocenters. The Kier molecular flexibility index (Phi) is 7.02. The van der Waals surface area contributed by atoms with Gasteiger partial charge in [-0.3, -0.25) is 0 Å². The molecular formula is C4H11NP2. The van der Waals surface area contributed by atoms with Crippen LogP contribution in [0.15, 0.2) is 4.52 Å². The van der Waals surface area contributed by atoms with E-state index in [0.717, 1.165) is 8.73 Å². The highest BCUT2D eigenvalue weighted by molar-refractivity contribution is 7.44. The summed E-state index contributed by atoms with van der Waals surface area (Å²) in [5.74, 6) is 0. The van der Waals surface area contributed by atoms with Crippen molar-refractivity contribution in [3.8, 4) is 0 Å². The first kappa shape index (κ1) is 7.53. The van der Waals surface area contributed by atoms with Gasteiger partial charge in [0.25, 0.3) is 0 Å². The van der Waals surface area contributed by atoms with E-state index in [0.29, 0.717) is 0 Å². The van der Waals surface area contributed by atoms with Crippen LogP contribution >= 0.6 is 17.1 Å². The number of hydrogen-bond donors (Lipinski definition) is 0. The molecule has 0 rings (SSSR count). The van der Waals surface area contributed by atoms with Crippen molar-refractivity contribution in [1.82, 2.24) is 0 Å². The van der Waals surface area contributed by atoms with E-state index < -0.39 is 0 Å². The van der Waals surface area contributed by atoms with Gasteiger partial charge in [-0.25, -0.2) is 4.52 Å². The predicted molar refractivity (Wildman–Crippen MR) is 38.7 cm³/mol. The molecule has 1 nitrogen and oxygen atoms in total. The van der Waals surface area contributed by atoms with Gasteiger partial charge in [0, 0.05) is 23.3 Å². The zero-order valence-electron chi connectivity index (χ0n) is 4.81. The summed E-state index contributed by atoms with van der Waals surface area (Å²) < 4.78 is 4.21. The molecule has 0 radical (unpaired) electrons. The Morgan fingerprint density at radius 1 is 1.57 bits per heavy atom. The number of hydrogen-bond acceptors (Lipinski definition) is 1. The first-order valence-corrected chi connectivity index (χ1v) is 4.69. The molecule has 0 spiro atoms. The fourth-order valence-electron chi connectivity index (χ4n) is 0.191. The minimum absolute atomic E-state index is 0.834. The molecule has 0 aliphatic heterocycles. The monoisotopic (exact) mass is 135 g/mol. The van der Waals surface area contributed by atoms with Gasteiger partial charge in [-0.05, 0) is 6.16 Å². The van der Waals surface area contributed by atoms with Crippen molar-refractivity contribution in [3.63, 3.8) is 0 Å². The molecule has 0 aromatic carbocycles. The molecule has 0 amide bonds. The van der Waals surface area contributed by atoms with Gasteiger partial charge in [-0.15, -0.1) is 0 Å². The van der Waals surface area contributed by atoms with Crippen molar-refractivity contribution >= 4 is 17.1 Å². The van der Waals surface area contributed by atoms with Crippen LogP contribution in [0.2, 0.25) is 0 Å². The summed E-state index contributed by atoms with van der Waals surface area (Å²) in [5.41, 5.74) is 0. The topological polar surface area (TPSA) is 12.4 Å². The fraction of sp³-hybridized carbons (Fsp3) is 1.00. The molecule has 42 valence electrons. The van der Waals surface area contributed by atoms with Gasteiger partial charge in [-0.1, -0.05) is 13.8 Å². The normalized spacial score (nSPS) is 12.3. The van der Waals surface area contributed by atoms with Gasteiger partial charge >= 0.3 is 0 Å². The Hall–Kier alpha value is 0.530. The lowest BCUT2D eigenvalue weighted by molar-refractivity contribution is 1.50. The zero-order chi connectivity index (χ0) is 5.54. The Labute approximate surface area is 48.6 Å². The van der Waals surface area contributed by atoms with Crippen molar-refractivity contribution in [2.75, 3.05) is 12.3 Å². The zero-order valence-corrected chi connectivity index (χ0v) is 6.70. The Balaban J connectivity index is 2.78. The second-order valence-corrected chi connectivity index (χ2v) is 3.81. The van der Waals surface area contributed by atoms with Crippen molar-refractivity contribution in [2.45, 2.75) is 13.8 Å². The van der Waals surface area contributed by atoms with Crippen molar-refractivity contribution in [1.29, 1.82) is 0 Å². The maximum absolute atomic E-state index is 4.21. The lowest BCUT2D eigenvalue weighted by Gasteiger charge is -1.79. The van der Waals surface area contributed by atoms with Crippen LogP contribution in [0, 0.1) is 0 Å². The highest BCUT2D eigenvalue weighted by Crippen LogP contribution is 2.16. The van der Waals surface area contributed by atoms with Gasteiger partial charge in [-0.2, -0.15) is 0 Å². The molecule has 3 heteroatoms.